The van der Waals surface area contributed by atoms with Crippen molar-refractivity contribution in [2.45, 2.75) is 59.1 Å². The van der Waals surface area contributed by atoms with Gasteiger partial charge in [-0.1, -0.05) is 0 Å². The molecule has 0 aromatic rings. The van der Waals surface area contributed by atoms with Crippen molar-refractivity contribution in [3.05, 3.63) is 0 Å². The molecule has 1 spiro atoms. The normalized spacial score (nSPS) is 28.6. The fourth-order valence-corrected chi connectivity index (χ4v) is 3.16. The maximum Gasteiger partial charge on any atom is 0.410 e. The highest BCUT2D eigenvalue weighted by Crippen LogP contribution is 2.40. The van der Waals surface area contributed by atoms with E-state index < -0.39 is 5.60 Å². The predicted molar refractivity (Wildman–Crippen MR) is 76.2 cm³/mol. The molecule has 2 fully saturated rings. The zero-order valence-electron chi connectivity index (χ0n) is 13.0. The van der Waals surface area contributed by atoms with Gasteiger partial charge in [-0.3, -0.25) is 0 Å². The Balaban J connectivity index is 1.92. The van der Waals surface area contributed by atoms with Gasteiger partial charge in [-0.05, 0) is 54.0 Å². The highest BCUT2D eigenvalue weighted by molar-refractivity contribution is 5.68. The molecule has 2 aliphatic heterocycles. The van der Waals surface area contributed by atoms with Crippen LogP contribution in [0.1, 0.15) is 47.5 Å². The first kappa shape index (κ1) is 14.6. The van der Waals surface area contributed by atoms with E-state index in [1.807, 2.05) is 25.7 Å². The maximum absolute atomic E-state index is 12.1. The Morgan fingerprint density at radius 3 is 2.32 bits per heavy atom. The lowest BCUT2D eigenvalue weighted by molar-refractivity contribution is 0.0273. The zero-order valence-corrected chi connectivity index (χ0v) is 13.0. The van der Waals surface area contributed by atoms with Crippen molar-refractivity contribution in [1.82, 2.24) is 9.80 Å². The van der Waals surface area contributed by atoms with Crippen LogP contribution in [0.3, 0.4) is 0 Å². The van der Waals surface area contributed by atoms with Crippen LogP contribution in [0, 0.1) is 5.41 Å². The molecule has 0 aliphatic carbocycles. The summed E-state index contributed by atoms with van der Waals surface area (Å²) in [7, 11) is 0. The summed E-state index contributed by atoms with van der Waals surface area (Å²) in [5, 5.41) is 0. The van der Waals surface area contributed by atoms with Crippen LogP contribution in [0.4, 0.5) is 4.79 Å². The molecule has 0 bridgehead atoms. The molecule has 0 aromatic carbocycles. The van der Waals surface area contributed by atoms with E-state index in [-0.39, 0.29) is 6.09 Å². The first-order chi connectivity index (χ1) is 8.71. The summed E-state index contributed by atoms with van der Waals surface area (Å²) in [5.74, 6) is 0. The minimum absolute atomic E-state index is 0.146. The van der Waals surface area contributed by atoms with Gasteiger partial charge in [0.2, 0.25) is 0 Å². The van der Waals surface area contributed by atoms with Crippen molar-refractivity contribution in [1.29, 1.82) is 0 Å². The van der Waals surface area contributed by atoms with Gasteiger partial charge in [-0.25, -0.2) is 4.79 Å². The second kappa shape index (κ2) is 4.97. The number of ether oxygens (including phenoxy) is 1. The second-order valence-corrected chi connectivity index (χ2v) is 7.47. The zero-order chi connectivity index (χ0) is 14.3. The summed E-state index contributed by atoms with van der Waals surface area (Å²) < 4.78 is 5.47. The molecule has 1 atom stereocenters. The van der Waals surface area contributed by atoms with Crippen molar-refractivity contribution < 1.29 is 9.53 Å². The van der Waals surface area contributed by atoms with Gasteiger partial charge in [-0.15, -0.1) is 0 Å². The number of hydrogen-bond acceptors (Lipinski definition) is 3. The average Bonchev–Trinajstić information content (AvgIpc) is 2.85. The molecule has 0 N–H and O–H groups in total. The van der Waals surface area contributed by atoms with E-state index >= 15 is 0 Å². The molecule has 2 saturated heterocycles. The summed E-state index contributed by atoms with van der Waals surface area (Å²) >= 11 is 0. The molecular weight excluding hydrogens is 240 g/mol. The highest BCUT2D eigenvalue weighted by Gasteiger charge is 2.45. The molecular formula is C15H28N2O2. The maximum atomic E-state index is 12.1. The Morgan fingerprint density at radius 2 is 1.79 bits per heavy atom. The first-order valence-electron chi connectivity index (χ1n) is 7.43. The van der Waals surface area contributed by atoms with E-state index in [9.17, 15) is 4.79 Å². The highest BCUT2D eigenvalue weighted by atomic mass is 16.6. The number of amides is 1. The third-order valence-electron chi connectivity index (χ3n) is 4.29. The topological polar surface area (TPSA) is 32.8 Å². The molecule has 2 aliphatic rings. The van der Waals surface area contributed by atoms with Crippen LogP contribution in [0.25, 0.3) is 0 Å². The lowest BCUT2D eigenvalue weighted by Gasteiger charge is -2.28. The smallest absolute Gasteiger partial charge is 0.410 e. The summed E-state index contributed by atoms with van der Waals surface area (Å²) in [6, 6.07) is 0.606. The Kier molecular flexibility index (Phi) is 3.83. The van der Waals surface area contributed by atoms with Crippen molar-refractivity contribution in [2.75, 3.05) is 26.2 Å². The van der Waals surface area contributed by atoms with E-state index in [4.69, 9.17) is 4.74 Å². The molecule has 19 heavy (non-hydrogen) atoms. The standard InChI is InChI=1S/C15H28N2O2/c1-12(2)16-8-6-15(10-16)7-9-17(11-15)13(18)19-14(3,4)5/h12H,6-11H2,1-5H3. The number of likely N-dealkylation sites (tertiary alicyclic amines) is 2. The van der Waals surface area contributed by atoms with Crippen molar-refractivity contribution in [2.24, 2.45) is 5.41 Å². The molecule has 0 aromatic heterocycles. The van der Waals surface area contributed by atoms with Gasteiger partial charge in [0.1, 0.15) is 5.60 Å². The first-order valence-corrected chi connectivity index (χ1v) is 7.43. The molecule has 2 rings (SSSR count). The summed E-state index contributed by atoms with van der Waals surface area (Å²) in [4.78, 5) is 16.5. The van der Waals surface area contributed by atoms with E-state index in [1.165, 1.54) is 13.0 Å². The lowest BCUT2D eigenvalue weighted by Crippen LogP contribution is -2.38. The van der Waals surface area contributed by atoms with E-state index in [0.29, 0.717) is 11.5 Å². The minimum Gasteiger partial charge on any atom is -0.444 e. The number of nitrogens with zero attached hydrogens (tertiary/aromatic N) is 2. The summed E-state index contributed by atoms with van der Waals surface area (Å²) in [6.07, 6.45) is 2.19. The molecule has 0 saturated carbocycles. The largest absolute Gasteiger partial charge is 0.444 e. The van der Waals surface area contributed by atoms with Gasteiger partial charge in [0.15, 0.2) is 0 Å². The van der Waals surface area contributed by atoms with Crippen LogP contribution in [-0.4, -0.2) is 53.7 Å². The molecule has 2 heterocycles. The predicted octanol–water partition coefficient (Wildman–Crippen LogP) is 2.73. The molecule has 0 radical (unpaired) electrons. The third kappa shape index (κ3) is 3.41. The quantitative estimate of drug-likeness (QED) is 0.733. The van der Waals surface area contributed by atoms with Gasteiger partial charge in [0, 0.05) is 31.1 Å². The lowest BCUT2D eigenvalue weighted by atomic mass is 9.86. The molecule has 110 valence electrons. The molecule has 4 heteroatoms. The molecule has 4 nitrogen and oxygen atoms in total. The van der Waals surface area contributed by atoms with E-state index in [2.05, 4.69) is 18.7 Å². The van der Waals surface area contributed by atoms with Gasteiger partial charge in [0.05, 0.1) is 0 Å². The average molecular weight is 268 g/mol. The summed E-state index contributed by atoms with van der Waals surface area (Å²) in [5.41, 5.74) is -0.0757. The van der Waals surface area contributed by atoms with Gasteiger partial charge < -0.3 is 14.5 Å². The Morgan fingerprint density at radius 1 is 1.16 bits per heavy atom. The number of rotatable bonds is 1. The van der Waals surface area contributed by atoms with Crippen molar-refractivity contribution >= 4 is 6.09 Å². The monoisotopic (exact) mass is 268 g/mol. The Labute approximate surface area is 117 Å². The van der Waals surface area contributed by atoms with Crippen LogP contribution in [-0.2, 0) is 4.74 Å². The fraction of sp³-hybridized carbons (Fsp3) is 0.933. The van der Waals surface area contributed by atoms with Crippen LogP contribution in [0.2, 0.25) is 0 Å². The fourth-order valence-electron chi connectivity index (χ4n) is 3.16. The number of carbonyl (C=O) groups excluding carboxylic acids is 1. The van der Waals surface area contributed by atoms with Gasteiger partial charge in [0.25, 0.3) is 0 Å². The summed E-state index contributed by atoms with van der Waals surface area (Å²) in [6.45, 7) is 14.3. The van der Waals surface area contributed by atoms with Crippen LogP contribution in [0.5, 0.6) is 0 Å². The molecule has 1 unspecified atom stereocenters. The van der Waals surface area contributed by atoms with Crippen molar-refractivity contribution in [3.63, 3.8) is 0 Å². The van der Waals surface area contributed by atoms with E-state index in [1.54, 1.807) is 0 Å². The van der Waals surface area contributed by atoms with Crippen LogP contribution < -0.4 is 0 Å². The van der Waals surface area contributed by atoms with Crippen molar-refractivity contribution in [3.8, 4) is 0 Å². The second-order valence-electron chi connectivity index (χ2n) is 7.47. The number of hydrogen-bond donors (Lipinski definition) is 0. The Bertz CT molecular complexity index is 349. The molecule has 1 amide bonds. The number of carbonyl (C=O) groups is 1. The Hall–Kier alpha value is -0.770. The SMILES string of the molecule is CC(C)N1CCC2(CCN(C(=O)OC(C)(C)C)C2)C1. The van der Waals surface area contributed by atoms with Crippen LogP contribution >= 0.6 is 0 Å². The third-order valence-corrected chi connectivity index (χ3v) is 4.29. The van der Waals surface area contributed by atoms with Gasteiger partial charge in [-0.2, -0.15) is 0 Å². The van der Waals surface area contributed by atoms with Crippen LogP contribution in [0.15, 0.2) is 0 Å². The van der Waals surface area contributed by atoms with E-state index in [0.717, 1.165) is 26.1 Å². The van der Waals surface area contributed by atoms with Gasteiger partial charge >= 0.3 is 6.09 Å². The minimum atomic E-state index is -0.396.